The van der Waals surface area contributed by atoms with Crippen LogP contribution in [0.3, 0.4) is 0 Å². The lowest BCUT2D eigenvalue weighted by atomic mass is 9.92. The predicted molar refractivity (Wildman–Crippen MR) is 211 cm³/mol. The number of nitrogen functional groups attached to an aromatic ring is 2. The van der Waals surface area contributed by atoms with Gasteiger partial charge in [-0.3, -0.25) is 0 Å². The second-order valence-corrected chi connectivity index (χ2v) is 14.3. The number of rotatable bonds is 23. The second-order valence-electron chi connectivity index (χ2n) is 14.3. The molecule has 0 spiro atoms. The van der Waals surface area contributed by atoms with Gasteiger partial charge in [-0.25, -0.2) is 0 Å². The van der Waals surface area contributed by atoms with Gasteiger partial charge in [0, 0.05) is 11.4 Å². The summed E-state index contributed by atoms with van der Waals surface area (Å²) in [6.45, 7) is 4.59. The van der Waals surface area contributed by atoms with Crippen molar-refractivity contribution in [1.29, 1.82) is 0 Å². The second kappa shape index (κ2) is 21.5. The van der Waals surface area contributed by atoms with Crippen LogP contribution in [0.1, 0.15) is 148 Å². The van der Waals surface area contributed by atoms with E-state index in [1.54, 1.807) is 11.1 Å². The summed E-state index contributed by atoms with van der Waals surface area (Å²) in [5.41, 5.74) is 25.4. The molecule has 4 N–H and O–H groups in total. The Morgan fingerprint density at radius 1 is 0.333 bits per heavy atom. The van der Waals surface area contributed by atoms with Crippen LogP contribution in [0.4, 0.5) is 11.4 Å². The lowest BCUT2D eigenvalue weighted by molar-refractivity contribution is 0.628. The van der Waals surface area contributed by atoms with Gasteiger partial charge in [0.05, 0.1) is 0 Å². The third-order valence-corrected chi connectivity index (χ3v) is 10.1. The van der Waals surface area contributed by atoms with Gasteiger partial charge in [0.2, 0.25) is 0 Å². The summed E-state index contributed by atoms with van der Waals surface area (Å²) < 4.78 is 0. The van der Waals surface area contributed by atoms with Gasteiger partial charge in [0.1, 0.15) is 0 Å². The van der Waals surface area contributed by atoms with E-state index in [-0.39, 0.29) is 0 Å². The molecule has 4 aromatic rings. The number of hydrogen-bond donors (Lipinski definition) is 2. The van der Waals surface area contributed by atoms with E-state index in [1.807, 2.05) is 24.3 Å². The molecule has 0 aromatic heterocycles. The van der Waals surface area contributed by atoms with E-state index in [9.17, 15) is 0 Å². The zero-order valence-corrected chi connectivity index (χ0v) is 30.4. The molecule has 4 aromatic carbocycles. The molecule has 0 saturated heterocycles. The van der Waals surface area contributed by atoms with Crippen LogP contribution in [0.15, 0.2) is 84.9 Å². The molecular weight excluding hydrogens is 581 g/mol. The largest absolute Gasteiger partial charge is 0.399 e. The van der Waals surface area contributed by atoms with Crippen LogP contribution in [0.25, 0.3) is 0 Å². The van der Waals surface area contributed by atoms with E-state index in [1.165, 1.54) is 149 Å². The summed E-state index contributed by atoms with van der Waals surface area (Å²) >= 11 is 0. The summed E-state index contributed by atoms with van der Waals surface area (Å²) in [6, 6.07) is 31.5. The van der Waals surface area contributed by atoms with E-state index < -0.39 is 0 Å². The Bertz CT molecular complexity index is 1340. The highest BCUT2D eigenvalue weighted by molar-refractivity contribution is 5.43. The van der Waals surface area contributed by atoms with Crippen molar-refractivity contribution in [2.45, 2.75) is 142 Å². The van der Waals surface area contributed by atoms with Crippen molar-refractivity contribution in [3.8, 4) is 0 Å². The van der Waals surface area contributed by atoms with Crippen LogP contribution >= 0.6 is 0 Å². The number of aryl methyl sites for hydroxylation is 4. The van der Waals surface area contributed by atoms with Crippen LogP contribution < -0.4 is 11.5 Å². The van der Waals surface area contributed by atoms with Crippen LogP contribution in [0.5, 0.6) is 0 Å². The van der Waals surface area contributed by atoms with Crippen molar-refractivity contribution in [3.63, 3.8) is 0 Å². The molecule has 2 nitrogen and oxygen atoms in total. The average molecular weight is 645 g/mol. The van der Waals surface area contributed by atoms with Gasteiger partial charge in [-0.05, 0) is 133 Å². The summed E-state index contributed by atoms with van der Waals surface area (Å²) in [5.74, 6) is 0. The standard InChI is InChI=1S/C46H64N2/c1-3-5-7-9-15-19-41-33-37(21-27-43(41)35-39-23-29-45(47)30-24-39)17-13-11-12-14-18-38-22-28-44(36-40-25-31-46(48)32-26-40)42(34-38)20-16-10-8-6-4-2/h21-34H,3-20,35-36,47-48H2,1-2H3. The third kappa shape index (κ3) is 13.5. The van der Waals surface area contributed by atoms with Crippen molar-refractivity contribution in [1.82, 2.24) is 0 Å². The number of hydrogen-bond acceptors (Lipinski definition) is 2. The van der Waals surface area contributed by atoms with Gasteiger partial charge in [-0.15, -0.1) is 0 Å². The van der Waals surface area contributed by atoms with Crippen LogP contribution in [-0.2, 0) is 38.5 Å². The summed E-state index contributed by atoms with van der Waals surface area (Å²) in [6.07, 6.45) is 25.2. The maximum atomic E-state index is 5.95. The quantitative estimate of drug-likeness (QED) is 0.0623. The minimum absolute atomic E-state index is 0.839. The molecular formula is C46H64N2. The summed E-state index contributed by atoms with van der Waals surface area (Å²) in [5, 5.41) is 0. The lowest BCUT2D eigenvalue weighted by Gasteiger charge is -2.14. The molecule has 258 valence electrons. The summed E-state index contributed by atoms with van der Waals surface area (Å²) in [4.78, 5) is 0. The van der Waals surface area contributed by atoms with Gasteiger partial charge >= 0.3 is 0 Å². The Morgan fingerprint density at radius 3 is 1.04 bits per heavy atom. The Hall–Kier alpha value is -3.52. The molecule has 0 aliphatic rings. The minimum atomic E-state index is 0.839. The van der Waals surface area contributed by atoms with Gasteiger partial charge in [0.25, 0.3) is 0 Å². The molecule has 0 aliphatic heterocycles. The smallest absolute Gasteiger partial charge is 0.0314 e. The number of benzene rings is 4. The first-order chi connectivity index (χ1) is 23.5. The molecule has 4 rings (SSSR count). The molecule has 48 heavy (non-hydrogen) atoms. The van der Waals surface area contributed by atoms with E-state index >= 15 is 0 Å². The molecule has 0 saturated carbocycles. The number of nitrogens with two attached hydrogens (primary N) is 2. The van der Waals surface area contributed by atoms with Crippen molar-refractivity contribution >= 4 is 11.4 Å². The number of anilines is 2. The first-order valence-corrected chi connectivity index (χ1v) is 19.4. The van der Waals surface area contributed by atoms with E-state index in [2.05, 4.69) is 74.5 Å². The lowest BCUT2D eigenvalue weighted by Crippen LogP contribution is -2.00. The van der Waals surface area contributed by atoms with E-state index in [0.29, 0.717) is 0 Å². The highest BCUT2D eigenvalue weighted by Crippen LogP contribution is 2.24. The fourth-order valence-electron chi connectivity index (χ4n) is 7.04. The highest BCUT2D eigenvalue weighted by Gasteiger charge is 2.09. The maximum Gasteiger partial charge on any atom is 0.0314 e. The Balaban J connectivity index is 1.27. The molecule has 0 bridgehead atoms. The van der Waals surface area contributed by atoms with Crippen LogP contribution in [0, 0.1) is 0 Å². The topological polar surface area (TPSA) is 52.0 Å². The van der Waals surface area contributed by atoms with Gasteiger partial charge < -0.3 is 11.5 Å². The zero-order chi connectivity index (χ0) is 33.8. The Morgan fingerprint density at radius 2 is 0.667 bits per heavy atom. The van der Waals surface area contributed by atoms with E-state index in [4.69, 9.17) is 11.5 Å². The van der Waals surface area contributed by atoms with Crippen molar-refractivity contribution in [2.24, 2.45) is 0 Å². The van der Waals surface area contributed by atoms with Gasteiger partial charge in [0.15, 0.2) is 0 Å². The van der Waals surface area contributed by atoms with Crippen molar-refractivity contribution < 1.29 is 0 Å². The van der Waals surface area contributed by atoms with Crippen molar-refractivity contribution in [3.05, 3.63) is 129 Å². The molecule has 0 atom stereocenters. The van der Waals surface area contributed by atoms with Gasteiger partial charge in [-0.2, -0.15) is 0 Å². The fraction of sp³-hybridized carbons (Fsp3) is 0.478. The molecule has 0 amide bonds. The first-order valence-electron chi connectivity index (χ1n) is 19.4. The Kier molecular flexibility index (Phi) is 16.7. The molecule has 0 heterocycles. The van der Waals surface area contributed by atoms with Gasteiger partial charge in [-0.1, -0.05) is 139 Å². The molecule has 0 aliphatic carbocycles. The Labute approximate surface area is 293 Å². The zero-order valence-electron chi connectivity index (χ0n) is 30.4. The first kappa shape index (κ1) is 37.3. The molecule has 2 heteroatoms. The summed E-state index contributed by atoms with van der Waals surface area (Å²) in [7, 11) is 0. The van der Waals surface area contributed by atoms with E-state index in [0.717, 1.165) is 24.2 Å². The third-order valence-electron chi connectivity index (χ3n) is 10.1. The molecule has 0 fully saturated rings. The van der Waals surface area contributed by atoms with Crippen LogP contribution in [-0.4, -0.2) is 0 Å². The molecule has 0 unspecified atom stereocenters. The highest BCUT2D eigenvalue weighted by atomic mass is 14.5. The maximum absolute atomic E-state index is 5.95. The minimum Gasteiger partial charge on any atom is -0.399 e. The monoisotopic (exact) mass is 645 g/mol. The number of unbranched alkanes of at least 4 members (excludes halogenated alkanes) is 11. The predicted octanol–water partition coefficient (Wildman–Crippen LogP) is 12.4. The fourth-order valence-corrected chi connectivity index (χ4v) is 7.04. The average Bonchev–Trinajstić information content (AvgIpc) is 3.10. The molecule has 0 radical (unpaired) electrons. The van der Waals surface area contributed by atoms with Crippen LogP contribution in [0.2, 0.25) is 0 Å². The normalized spacial score (nSPS) is 11.3. The SMILES string of the molecule is CCCCCCCc1cc(CCCCCCc2ccc(Cc3ccc(N)cc3)c(CCCCCCC)c2)ccc1Cc1ccc(N)cc1. The van der Waals surface area contributed by atoms with Crippen molar-refractivity contribution in [2.75, 3.05) is 11.5 Å².